The van der Waals surface area contributed by atoms with Gasteiger partial charge in [-0.1, -0.05) is 18.2 Å². The van der Waals surface area contributed by atoms with Crippen LogP contribution < -0.4 is 10.5 Å². The minimum Gasteiger partial charge on any atom is -0.457 e. The summed E-state index contributed by atoms with van der Waals surface area (Å²) in [6, 6.07) is 13.0. The van der Waals surface area contributed by atoms with Crippen molar-refractivity contribution in [2.75, 3.05) is 6.54 Å². The Morgan fingerprint density at radius 3 is 2.79 bits per heavy atom. The van der Waals surface area contributed by atoms with Crippen molar-refractivity contribution in [3.8, 4) is 11.5 Å². The smallest absolute Gasteiger partial charge is 0.272 e. The third-order valence-corrected chi connectivity index (χ3v) is 4.35. The van der Waals surface area contributed by atoms with Crippen LogP contribution in [-0.2, 0) is 0 Å². The summed E-state index contributed by atoms with van der Waals surface area (Å²) < 4.78 is 5.80. The molecule has 0 radical (unpaired) electrons. The molecule has 0 saturated carbocycles. The number of para-hydroxylation sites is 1. The average Bonchev–Trinajstić information content (AvgIpc) is 2.62. The van der Waals surface area contributed by atoms with Crippen molar-refractivity contribution in [3.05, 3.63) is 54.4 Å². The van der Waals surface area contributed by atoms with Gasteiger partial charge in [-0.15, -0.1) is 0 Å². The Hall–Kier alpha value is -2.40. The predicted molar refractivity (Wildman–Crippen MR) is 93.1 cm³/mol. The van der Waals surface area contributed by atoms with Crippen molar-refractivity contribution in [1.29, 1.82) is 0 Å². The van der Waals surface area contributed by atoms with Crippen LogP contribution in [0.15, 0.2) is 48.7 Å². The molecule has 1 aliphatic heterocycles. The molecule has 0 spiro atoms. The first-order valence-electron chi connectivity index (χ1n) is 8.40. The third kappa shape index (κ3) is 3.74. The maximum Gasteiger partial charge on any atom is 0.272 e. The monoisotopic (exact) mass is 325 g/mol. The van der Waals surface area contributed by atoms with Crippen LogP contribution in [0.2, 0.25) is 0 Å². The molecule has 24 heavy (non-hydrogen) atoms. The number of rotatable bonds is 4. The first-order valence-corrected chi connectivity index (χ1v) is 8.40. The fourth-order valence-corrected chi connectivity index (χ4v) is 3.12. The summed E-state index contributed by atoms with van der Waals surface area (Å²) in [6.07, 6.45) is 4.68. The van der Waals surface area contributed by atoms with Gasteiger partial charge in [-0.2, -0.15) is 0 Å². The van der Waals surface area contributed by atoms with Crippen LogP contribution >= 0.6 is 0 Å². The van der Waals surface area contributed by atoms with Crippen LogP contribution in [0.5, 0.6) is 11.5 Å². The second-order valence-corrected chi connectivity index (χ2v) is 6.21. The molecule has 0 bridgehead atoms. The lowest BCUT2D eigenvalue weighted by Crippen LogP contribution is -2.51. The molecule has 0 unspecified atom stereocenters. The van der Waals surface area contributed by atoms with Crippen LogP contribution in [0.1, 0.15) is 36.7 Å². The Morgan fingerprint density at radius 2 is 2.04 bits per heavy atom. The Kier molecular flexibility index (Phi) is 5.11. The summed E-state index contributed by atoms with van der Waals surface area (Å²) in [5.41, 5.74) is 6.47. The zero-order chi connectivity index (χ0) is 16.9. The lowest BCUT2D eigenvalue weighted by molar-refractivity contribution is 0.0577. The van der Waals surface area contributed by atoms with Crippen molar-refractivity contribution >= 4 is 5.91 Å². The van der Waals surface area contributed by atoms with Gasteiger partial charge in [0.2, 0.25) is 0 Å². The second kappa shape index (κ2) is 7.45. The van der Waals surface area contributed by atoms with Gasteiger partial charge in [0.15, 0.2) is 0 Å². The zero-order valence-electron chi connectivity index (χ0n) is 13.9. The molecule has 5 nitrogen and oxygen atoms in total. The normalized spacial score (nSPS) is 18.9. The van der Waals surface area contributed by atoms with Crippen molar-refractivity contribution in [1.82, 2.24) is 9.88 Å². The largest absolute Gasteiger partial charge is 0.457 e. The first kappa shape index (κ1) is 16.5. The van der Waals surface area contributed by atoms with Crippen LogP contribution in [0.4, 0.5) is 0 Å². The third-order valence-electron chi connectivity index (χ3n) is 4.35. The number of aromatic nitrogens is 1. The van der Waals surface area contributed by atoms with E-state index in [1.807, 2.05) is 42.2 Å². The molecule has 1 aromatic carbocycles. The maximum absolute atomic E-state index is 12.9. The van der Waals surface area contributed by atoms with E-state index in [0.29, 0.717) is 11.4 Å². The number of carbonyl (C=O) groups is 1. The number of hydrogen-bond donors (Lipinski definition) is 1. The van der Waals surface area contributed by atoms with E-state index in [2.05, 4.69) is 4.98 Å². The molecule has 3 rings (SSSR count). The van der Waals surface area contributed by atoms with E-state index in [9.17, 15) is 4.79 Å². The second-order valence-electron chi connectivity index (χ2n) is 6.21. The fourth-order valence-electron chi connectivity index (χ4n) is 3.12. The maximum atomic E-state index is 12.9. The SMILES string of the molecule is C[C@H](N)[C@@H]1CCCCN1C(=O)c1cc(Oc2ccccc2)ccn1. The number of nitrogens with zero attached hydrogens (tertiary/aromatic N) is 2. The highest BCUT2D eigenvalue weighted by molar-refractivity contribution is 5.93. The number of piperidine rings is 1. The summed E-state index contributed by atoms with van der Waals surface area (Å²) in [4.78, 5) is 19.0. The highest BCUT2D eigenvalue weighted by Gasteiger charge is 2.30. The summed E-state index contributed by atoms with van der Waals surface area (Å²) in [7, 11) is 0. The number of benzene rings is 1. The molecule has 0 aliphatic carbocycles. The minimum atomic E-state index is -0.0736. The molecule has 126 valence electrons. The molecule has 1 aromatic heterocycles. The molecule has 1 fully saturated rings. The highest BCUT2D eigenvalue weighted by Crippen LogP contribution is 2.24. The van der Waals surface area contributed by atoms with Crippen LogP contribution in [-0.4, -0.2) is 34.4 Å². The minimum absolute atomic E-state index is 0.0435. The van der Waals surface area contributed by atoms with E-state index in [1.165, 1.54) is 0 Å². The van der Waals surface area contributed by atoms with Crippen molar-refractivity contribution in [2.45, 2.75) is 38.3 Å². The number of likely N-dealkylation sites (tertiary alicyclic amines) is 1. The molecular formula is C19H23N3O2. The summed E-state index contributed by atoms with van der Waals surface area (Å²) in [5.74, 6) is 1.26. The molecule has 1 amide bonds. The lowest BCUT2D eigenvalue weighted by Gasteiger charge is -2.37. The zero-order valence-corrected chi connectivity index (χ0v) is 13.9. The van der Waals surface area contributed by atoms with Gasteiger partial charge in [0.1, 0.15) is 17.2 Å². The number of hydrogen-bond acceptors (Lipinski definition) is 4. The van der Waals surface area contributed by atoms with Crippen molar-refractivity contribution < 1.29 is 9.53 Å². The Morgan fingerprint density at radius 1 is 1.25 bits per heavy atom. The Labute approximate surface area is 142 Å². The number of amides is 1. The van der Waals surface area contributed by atoms with E-state index < -0.39 is 0 Å². The number of pyridine rings is 1. The van der Waals surface area contributed by atoms with E-state index in [4.69, 9.17) is 10.5 Å². The Bertz CT molecular complexity index is 688. The number of ether oxygens (including phenoxy) is 1. The highest BCUT2D eigenvalue weighted by atomic mass is 16.5. The molecule has 5 heteroatoms. The summed E-state index contributed by atoms with van der Waals surface area (Å²) in [5, 5.41) is 0. The van der Waals surface area contributed by atoms with E-state index in [0.717, 1.165) is 31.6 Å². The number of nitrogens with two attached hydrogens (primary N) is 1. The molecule has 2 N–H and O–H groups in total. The summed E-state index contributed by atoms with van der Waals surface area (Å²) in [6.45, 7) is 2.69. The Balaban J connectivity index is 1.78. The fraction of sp³-hybridized carbons (Fsp3) is 0.368. The standard InChI is InChI=1S/C19H23N3O2/c1-14(20)18-9-5-6-12-22(18)19(23)17-13-16(10-11-21-17)24-15-7-3-2-4-8-15/h2-4,7-8,10-11,13-14,18H,5-6,9,12,20H2,1H3/t14-,18-/m0/s1. The van der Waals surface area contributed by atoms with Crippen molar-refractivity contribution in [3.63, 3.8) is 0 Å². The quantitative estimate of drug-likeness (QED) is 0.937. The van der Waals surface area contributed by atoms with Crippen molar-refractivity contribution in [2.24, 2.45) is 5.73 Å². The van der Waals surface area contributed by atoms with Crippen LogP contribution in [0.25, 0.3) is 0 Å². The number of carbonyl (C=O) groups excluding carboxylic acids is 1. The summed E-state index contributed by atoms with van der Waals surface area (Å²) >= 11 is 0. The lowest BCUT2D eigenvalue weighted by atomic mass is 9.96. The van der Waals surface area contributed by atoms with Gasteiger partial charge in [0.05, 0.1) is 0 Å². The molecule has 2 aromatic rings. The van der Waals surface area contributed by atoms with Gasteiger partial charge < -0.3 is 15.4 Å². The van der Waals surface area contributed by atoms with Gasteiger partial charge in [-0.25, -0.2) is 0 Å². The molecule has 2 atom stereocenters. The van der Waals surface area contributed by atoms with Gasteiger partial charge >= 0.3 is 0 Å². The molecule has 1 saturated heterocycles. The van der Waals surface area contributed by atoms with E-state index >= 15 is 0 Å². The van der Waals surface area contributed by atoms with Crippen LogP contribution in [0.3, 0.4) is 0 Å². The van der Waals surface area contributed by atoms with E-state index in [-0.39, 0.29) is 18.0 Å². The predicted octanol–water partition coefficient (Wildman–Crippen LogP) is 3.22. The van der Waals surface area contributed by atoms with Gasteiger partial charge in [0.25, 0.3) is 5.91 Å². The van der Waals surface area contributed by atoms with Gasteiger partial charge in [0, 0.05) is 30.9 Å². The average molecular weight is 325 g/mol. The molecule has 1 aliphatic rings. The van der Waals surface area contributed by atoms with Crippen LogP contribution in [0, 0.1) is 0 Å². The van der Waals surface area contributed by atoms with Gasteiger partial charge in [-0.05, 0) is 44.4 Å². The first-order chi connectivity index (χ1) is 11.6. The van der Waals surface area contributed by atoms with Gasteiger partial charge in [-0.3, -0.25) is 9.78 Å². The van der Waals surface area contributed by atoms with E-state index in [1.54, 1.807) is 18.3 Å². The molecule has 2 heterocycles. The molecular weight excluding hydrogens is 302 g/mol. The topological polar surface area (TPSA) is 68.5 Å².